The van der Waals surface area contributed by atoms with E-state index in [1.165, 1.54) is 25.7 Å². The SMILES string of the molecule is CCCCCCC(CC)(COCC(C)OCC(C)N)COCC(C)OCC(C)N. The van der Waals surface area contributed by atoms with Gasteiger partial charge in [0.05, 0.1) is 51.8 Å². The zero-order valence-corrected chi connectivity index (χ0v) is 20.1. The van der Waals surface area contributed by atoms with E-state index in [1.54, 1.807) is 0 Å². The van der Waals surface area contributed by atoms with Crippen molar-refractivity contribution >= 4 is 0 Å². The van der Waals surface area contributed by atoms with Crippen molar-refractivity contribution in [3.05, 3.63) is 0 Å². The first kappa shape index (κ1) is 28.8. The summed E-state index contributed by atoms with van der Waals surface area (Å²) in [5.74, 6) is 0. The molecule has 4 unspecified atom stereocenters. The number of hydrogen-bond donors (Lipinski definition) is 2. The highest BCUT2D eigenvalue weighted by molar-refractivity contribution is 4.78. The summed E-state index contributed by atoms with van der Waals surface area (Å²) in [5.41, 5.74) is 11.6. The van der Waals surface area contributed by atoms with Crippen LogP contribution in [0.5, 0.6) is 0 Å². The van der Waals surface area contributed by atoms with E-state index < -0.39 is 0 Å². The maximum atomic E-state index is 6.08. The number of hydrogen-bond acceptors (Lipinski definition) is 6. The van der Waals surface area contributed by atoms with Crippen LogP contribution >= 0.6 is 0 Å². The van der Waals surface area contributed by atoms with Gasteiger partial charge >= 0.3 is 0 Å². The van der Waals surface area contributed by atoms with Crippen LogP contribution in [0.2, 0.25) is 0 Å². The van der Waals surface area contributed by atoms with Crippen molar-refractivity contribution in [2.75, 3.05) is 39.6 Å². The van der Waals surface area contributed by atoms with E-state index in [0.717, 1.165) is 12.8 Å². The quantitative estimate of drug-likeness (QED) is 0.292. The normalized spacial score (nSPS) is 18.2. The molecule has 176 valence electrons. The van der Waals surface area contributed by atoms with Crippen molar-refractivity contribution in [2.24, 2.45) is 16.9 Å². The predicted octanol–water partition coefficient (Wildman–Crippen LogP) is 3.89. The Labute approximate surface area is 180 Å². The summed E-state index contributed by atoms with van der Waals surface area (Å²) < 4.78 is 23.6. The third-order valence-electron chi connectivity index (χ3n) is 5.12. The Hall–Kier alpha value is -0.240. The fraction of sp³-hybridized carbons (Fsp3) is 1.00. The van der Waals surface area contributed by atoms with E-state index >= 15 is 0 Å². The lowest BCUT2D eigenvalue weighted by atomic mass is 9.81. The molecule has 4 N–H and O–H groups in total. The Morgan fingerprint density at radius 2 is 1.17 bits per heavy atom. The number of unbranched alkanes of at least 4 members (excludes halogenated alkanes) is 3. The molecule has 0 fully saturated rings. The average molecular weight is 419 g/mol. The van der Waals surface area contributed by atoms with Gasteiger partial charge in [-0.3, -0.25) is 0 Å². The lowest BCUT2D eigenvalue weighted by Gasteiger charge is -2.33. The van der Waals surface area contributed by atoms with Crippen LogP contribution in [0.25, 0.3) is 0 Å². The third kappa shape index (κ3) is 16.2. The van der Waals surface area contributed by atoms with Gasteiger partial charge in [-0.2, -0.15) is 0 Å². The second-order valence-corrected chi connectivity index (χ2v) is 8.94. The van der Waals surface area contributed by atoms with Gasteiger partial charge in [-0.1, -0.05) is 39.5 Å². The van der Waals surface area contributed by atoms with Gasteiger partial charge in [0.2, 0.25) is 0 Å². The molecule has 0 aliphatic rings. The molecule has 0 aromatic rings. The smallest absolute Gasteiger partial charge is 0.0781 e. The molecule has 0 radical (unpaired) electrons. The molecular formula is C23H50N2O4. The van der Waals surface area contributed by atoms with Crippen LogP contribution < -0.4 is 11.5 Å². The van der Waals surface area contributed by atoms with Crippen molar-refractivity contribution in [1.82, 2.24) is 0 Å². The highest BCUT2D eigenvalue weighted by atomic mass is 16.5. The van der Waals surface area contributed by atoms with Gasteiger partial charge in [-0.05, 0) is 40.5 Å². The first-order chi connectivity index (χ1) is 13.7. The van der Waals surface area contributed by atoms with Gasteiger partial charge in [0.15, 0.2) is 0 Å². The summed E-state index contributed by atoms with van der Waals surface area (Å²) in [7, 11) is 0. The van der Waals surface area contributed by atoms with E-state index in [1.807, 2.05) is 27.7 Å². The van der Waals surface area contributed by atoms with Crippen LogP contribution in [0.4, 0.5) is 0 Å². The van der Waals surface area contributed by atoms with Crippen LogP contribution in [-0.4, -0.2) is 63.9 Å². The fourth-order valence-corrected chi connectivity index (χ4v) is 3.10. The molecule has 0 aromatic heterocycles. The minimum absolute atomic E-state index is 0.0372. The molecule has 0 saturated heterocycles. The molecule has 0 rings (SSSR count). The zero-order chi connectivity index (χ0) is 22.1. The number of nitrogens with two attached hydrogens (primary N) is 2. The Balaban J connectivity index is 4.53. The van der Waals surface area contributed by atoms with Crippen LogP contribution in [0.1, 0.15) is 80.1 Å². The van der Waals surface area contributed by atoms with Gasteiger partial charge in [-0.25, -0.2) is 0 Å². The highest BCUT2D eigenvalue weighted by Crippen LogP contribution is 2.30. The number of ether oxygens (including phenoxy) is 4. The van der Waals surface area contributed by atoms with Gasteiger partial charge in [0.25, 0.3) is 0 Å². The molecule has 0 aromatic carbocycles. The molecule has 4 atom stereocenters. The Bertz CT molecular complexity index is 343. The molecule has 29 heavy (non-hydrogen) atoms. The Morgan fingerprint density at radius 3 is 1.55 bits per heavy atom. The monoisotopic (exact) mass is 418 g/mol. The van der Waals surface area contributed by atoms with Crippen molar-refractivity contribution < 1.29 is 18.9 Å². The second-order valence-electron chi connectivity index (χ2n) is 8.94. The molecule has 6 nitrogen and oxygen atoms in total. The molecule has 0 amide bonds. The minimum atomic E-state index is 0.0372. The minimum Gasteiger partial charge on any atom is -0.378 e. The summed E-state index contributed by atoms with van der Waals surface area (Å²) in [6.07, 6.45) is 7.24. The van der Waals surface area contributed by atoms with E-state index in [-0.39, 0.29) is 29.7 Å². The summed E-state index contributed by atoms with van der Waals surface area (Å²) in [5, 5.41) is 0. The van der Waals surface area contributed by atoms with E-state index in [9.17, 15) is 0 Å². The van der Waals surface area contributed by atoms with E-state index in [4.69, 9.17) is 30.4 Å². The maximum absolute atomic E-state index is 6.08. The zero-order valence-electron chi connectivity index (χ0n) is 20.1. The topological polar surface area (TPSA) is 89.0 Å². The second kappa shape index (κ2) is 17.4. The van der Waals surface area contributed by atoms with Gasteiger partial charge in [-0.15, -0.1) is 0 Å². The van der Waals surface area contributed by atoms with Crippen LogP contribution in [0, 0.1) is 5.41 Å². The molecule has 0 saturated carbocycles. The first-order valence-electron chi connectivity index (χ1n) is 11.6. The maximum Gasteiger partial charge on any atom is 0.0781 e. The van der Waals surface area contributed by atoms with Crippen molar-refractivity contribution in [3.63, 3.8) is 0 Å². The van der Waals surface area contributed by atoms with Crippen LogP contribution in [0.3, 0.4) is 0 Å². The summed E-state index contributed by atoms with van der Waals surface area (Å²) in [6, 6.07) is 0.0937. The van der Waals surface area contributed by atoms with Crippen LogP contribution in [-0.2, 0) is 18.9 Å². The standard InChI is InChI=1S/C23H50N2O4/c1-7-9-10-11-12-23(8-2,17-26-15-21(5)28-13-19(3)24)18-27-16-22(6)29-14-20(4)25/h19-22H,7-18,24-25H2,1-6H3. The van der Waals surface area contributed by atoms with E-state index in [2.05, 4.69) is 13.8 Å². The third-order valence-corrected chi connectivity index (χ3v) is 5.12. The lowest BCUT2D eigenvalue weighted by Crippen LogP contribution is -2.35. The van der Waals surface area contributed by atoms with Crippen LogP contribution in [0.15, 0.2) is 0 Å². The molecule has 0 heterocycles. The van der Waals surface area contributed by atoms with Gasteiger partial charge in [0.1, 0.15) is 0 Å². The molecule has 0 aliphatic heterocycles. The molecule has 0 aliphatic carbocycles. The fourth-order valence-electron chi connectivity index (χ4n) is 3.10. The molecule has 6 heteroatoms. The Morgan fingerprint density at radius 1 is 0.690 bits per heavy atom. The average Bonchev–Trinajstić information content (AvgIpc) is 2.67. The summed E-state index contributed by atoms with van der Waals surface area (Å²) >= 11 is 0. The summed E-state index contributed by atoms with van der Waals surface area (Å²) in [4.78, 5) is 0. The van der Waals surface area contributed by atoms with Crippen molar-refractivity contribution in [1.29, 1.82) is 0 Å². The van der Waals surface area contributed by atoms with Crippen molar-refractivity contribution in [2.45, 2.75) is 104 Å². The molecule has 0 bridgehead atoms. The Kier molecular flexibility index (Phi) is 17.3. The molecular weight excluding hydrogens is 368 g/mol. The largest absolute Gasteiger partial charge is 0.378 e. The molecule has 0 spiro atoms. The number of rotatable bonds is 20. The van der Waals surface area contributed by atoms with E-state index in [0.29, 0.717) is 39.6 Å². The van der Waals surface area contributed by atoms with Gasteiger partial charge in [0, 0.05) is 17.5 Å². The lowest BCUT2D eigenvalue weighted by molar-refractivity contribution is -0.0790. The van der Waals surface area contributed by atoms with Crippen molar-refractivity contribution in [3.8, 4) is 0 Å². The summed E-state index contributed by atoms with van der Waals surface area (Å²) in [6.45, 7) is 16.1. The highest BCUT2D eigenvalue weighted by Gasteiger charge is 2.29. The van der Waals surface area contributed by atoms with Gasteiger partial charge < -0.3 is 30.4 Å². The predicted molar refractivity (Wildman–Crippen MR) is 121 cm³/mol. The first-order valence-corrected chi connectivity index (χ1v) is 11.6.